The molecule has 0 bridgehead atoms. The molecule has 0 fully saturated rings. The fourth-order valence-corrected chi connectivity index (χ4v) is 3.16. The Kier molecular flexibility index (Phi) is 5.38. The molecule has 0 unspecified atom stereocenters. The molecule has 6 heteroatoms. The van der Waals surface area contributed by atoms with Crippen molar-refractivity contribution in [2.24, 2.45) is 11.1 Å². The maximum Gasteiger partial charge on any atom is 0.242 e. The van der Waals surface area contributed by atoms with E-state index >= 15 is 0 Å². The van der Waals surface area contributed by atoms with Gasteiger partial charge in [0.1, 0.15) is 4.90 Å². The van der Waals surface area contributed by atoms with Crippen LogP contribution >= 0.6 is 11.6 Å². The van der Waals surface area contributed by atoms with E-state index in [1.807, 2.05) is 20.8 Å². The highest BCUT2D eigenvalue weighted by Crippen LogP contribution is 2.24. The van der Waals surface area contributed by atoms with Crippen molar-refractivity contribution in [2.45, 2.75) is 38.6 Å². The van der Waals surface area contributed by atoms with Crippen LogP contribution in [0.15, 0.2) is 23.1 Å². The van der Waals surface area contributed by atoms with E-state index in [-0.39, 0.29) is 21.9 Å². The molecule has 1 aromatic carbocycles. The molecule has 0 radical (unpaired) electrons. The van der Waals surface area contributed by atoms with E-state index in [0.717, 1.165) is 12.0 Å². The second-order valence-electron chi connectivity index (χ2n) is 5.31. The van der Waals surface area contributed by atoms with Crippen molar-refractivity contribution in [1.82, 2.24) is 4.72 Å². The van der Waals surface area contributed by atoms with Gasteiger partial charge in [0.05, 0.1) is 5.02 Å². The van der Waals surface area contributed by atoms with Crippen molar-refractivity contribution >= 4 is 21.6 Å². The average molecular weight is 305 g/mol. The van der Waals surface area contributed by atoms with Gasteiger partial charge in [-0.1, -0.05) is 38.4 Å². The molecule has 3 N–H and O–H groups in total. The molecule has 19 heavy (non-hydrogen) atoms. The Morgan fingerprint density at radius 1 is 1.37 bits per heavy atom. The number of rotatable bonds is 6. The Labute approximate surface area is 120 Å². The van der Waals surface area contributed by atoms with E-state index in [9.17, 15) is 8.42 Å². The standard InChI is InChI=1S/C13H21ClN2O2S/c1-4-13(2,3)9-16-19(17,18)12-7-10(8-15)5-6-11(12)14/h5-7,16H,4,8-9,15H2,1-3H3. The zero-order valence-corrected chi connectivity index (χ0v) is 13.1. The van der Waals surface area contributed by atoms with Crippen molar-refractivity contribution in [2.75, 3.05) is 6.54 Å². The molecule has 108 valence electrons. The van der Waals surface area contributed by atoms with Crippen molar-refractivity contribution in [1.29, 1.82) is 0 Å². The molecule has 0 spiro atoms. The first-order chi connectivity index (χ1) is 8.72. The number of halogens is 1. The molecule has 1 aromatic rings. The minimum absolute atomic E-state index is 0.0871. The summed E-state index contributed by atoms with van der Waals surface area (Å²) >= 11 is 5.96. The smallest absolute Gasteiger partial charge is 0.242 e. The Bertz CT molecular complexity index is 542. The van der Waals surface area contributed by atoms with Crippen LogP contribution in [0.4, 0.5) is 0 Å². The van der Waals surface area contributed by atoms with Crippen molar-refractivity contribution in [3.05, 3.63) is 28.8 Å². The number of benzene rings is 1. The van der Waals surface area contributed by atoms with Crippen LogP contribution in [0.3, 0.4) is 0 Å². The molecular formula is C13H21ClN2O2S. The molecule has 0 aromatic heterocycles. The maximum atomic E-state index is 12.2. The summed E-state index contributed by atoms with van der Waals surface area (Å²) < 4.78 is 27.1. The highest BCUT2D eigenvalue weighted by atomic mass is 35.5. The van der Waals surface area contributed by atoms with Gasteiger partial charge in [0, 0.05) is 13.1 Å². The molecule has 0 amide bonds. The van der Waals surface area contributed by atoms with Gasteiger partial charge in [-0.2, -0.15) is 0 Å². The molecule has 0 aliphatic carbocycles. The fourth-order valence-electron chi connectivity index (χ4n) is 1.37. The Morgan fingerprint density at radius 2 is 2.00 bits per heavy atom. The molecule has 0 aliphatic rings. The number of hydrogen-bond donors (Lipinski definition) is 2. The predicted molar refractivity (Wildman–Crippen MR) is 78.6 cm³/mol. The first-order valence-electron chi connectivity index (χ1n) is 6.20. The lowest BCUT2D eigenvalue weighted by Gasteiger charge is -2.23. The lowest BCUT2D eigenvalue weighted by atomic mass is 9.91. The predicted octanol–water partition coefficient (Wildman–Crippen LogP) is 2.51. The molecule has 0 aliphatic heterocycles. The van der Waals surface area contributed by atoms with Gasteiger partial charge in [0.2, 0.25) is 10.0 Å². The third kappa shape index (κ3) is 4.45. The van der Waals surface area contributed by atoms with E-state index in [1.54, 1.807) is 12.1 Å². The summed E-state index contributed by atoms with van der Waals surface area (Å²) in [7, 11) is -3.60. The fraction of sp³-hybridized carbons (Fsp3) is 0.538. The van der Waals surface area contributed by atoms with Crippen LogP contribution in [0.5, 0.6) is 0 Å². The van der Waals surface area contributed by atoms with Gasteiger partial charge >= 0.3 is 0 Å². The van der Waals surface area contributed by atoms with E-state index in [1.165, 1.54) is 6.07 Å². The quantitative estimate of drug-likeness (QED) is 0.848. The molecule has 0 saturated carbocycles. The van der Waals surface area contributed by atoms with Crippen molar-refractivity contribution < 1.29 is 8.42 Å². The summed E-state index contributed by atoms with van der Waals surface area (Å²) in [5.41, 5.74) is 6.16. The van der Waals surface area contributed by atoms with Crippen molar-refractivity contribution in [3.63, 3.8) is 0 Å². The molecule has 0 saturated heterocycles. The van der Waals surface area contributed by atoms with E-state index in [2.05, 4.69) is 4.72 Å². The first kappa shape index (κ1) is 16.4. The second kappa shape index (κ2) is 6.22. The van der Waals surface area contributed by atoms with Crippen LogP contribution in [-0.4, -0.2) is 15.0 Å². The Morgan fingerprint density at radius 3 is 2.53 bits per heavy atom. The summed E-state index contributed by atoms with van der Waals surface area (Å²) in [6.07, 6.45) is 0.881. The minimum Gasteiger partial charge on any atom is -0.326 e. The number of sulfonamides is 1. The van der Waals surface area contributed by atoms with E-state index in [0.29, 0.717) is 6.54 Å². The van der Waals surface area contributed by atoms with Crippen LogP contribution in [0.25, 0.3) is 0 Å². The van der Waals surface area contributed by atoms with Crippen LogP contribution in [-0.2, 0) is 16.6 Å². The monoisotopic (exact) mass is 304 g/mol. The zero-order valence-electron chi connectivity index (χ0n) is 11.5. The first-order valence-corrected chi connectivity index (χ1v) is 8.06. The van der Waals surface area contributed by atoms with E-state index < -0.39 is 10.0 Å². The van der Waals surface area contributed by atoms with Gasteiger partial charge in [-0.3, -0.25) is 0 Å². The summed E-state index contributed by atoms with van der Waals surface area (Å²) in [6, 6.07) is 4.80. The highest BCUT2D eigenvalue weighted by Gasteiger charge is 2.22. The molecule has 0 heterocycles. The largest absolute Gasteiger partial charge is 0.326 e. The maximum absolute atomic E-state index is 12.2. The molecular weight excluding hydrogens is 284 g/mol. The third-order valence-corrected chi connectivity index (χ3v) is 5.10. The van der Waals surface area contributed by atoms with Crippen LogP contribution in [0.1, 0.15) is 32.8 Å². The van der Waals surface area contributed by atoms with Gasteiger partial charge in [0.25, 0.3) is 0 Å². The SMILES string of the molecule is CCC(C)(C)CNS(=O)(=O)c1cc(CN)ccc1Cl. The Hall–Kier alpha value is -0.620. The second-order valence-corrected chi connectivity index (χ2v) is 7.45. The molecule has 1 rings (SSSR count). The lowest BCUT2D eigenvalue weighted by molar-refractivity contribution is 0.350. The lowest BCUT2D eigenvalue weighted by Crippen LogP contribution is -2.33. The topological polar surface area (TPSA) is 72.2 Å². The highest BCUT2D eigenvalue weighted by molar-refractivity contribution is 7.89. The van der Waals surface area contributed by atoms with Crippen LogP contribution < -0.4 is 10.5 Å². The van der Waals surface area contributed by atoms with Gasteiger partial charge in [-0.15, -0.1) is 0 Å². The van der Waals surface area contributed by atoms with Crippen LogP contribution in [0.2, 0.25) is 5.02 Å². The summed E-state index contributed by atoms with van der Waals surface area (Å²) in [4.78, 5) is 0.0871. The van der Waals surface area contributed by atoms with E-state index in [4.69, 9.17) is 17.3 Å². The van der Waals surface area contributed by atoms with Crippen molar-refractivity contribution in [3.8, 4) is 0 Å². The summed E-state index contributed by atoms with van der Waals surface area (Å²) in [6.45, 7) is 6.69. The van der Waals surface area contributed by atoms with Gasteiger partial charge in [-0.05, 0) is 29.5 Å². The summed E-state index contributed by atoms with van der Waals surface area (Å²) in [5.74, 6) is 0. The Balaban J connectivity index is 3.00. The third-order valence-electron chi connectivity index (χ3n) is 3.22. The van der Waals surface area contributed by atoms with Gasteiger partial charge < -0.3 is 5.73 Å². The summed E-state index contributed by atoms with van der Waals surface area (Å²) in [5, 5.41) is 0.207. The zero-order chi connectivity index (χ0) is 14.7. The van der Waals surface area contributed by atoms with Crippen LogP contribution in [0, 0.1) is 5.41 Å². The molecule has 4 nitrogen and oxygen atoms in total. The van der Waals surface area contributed by atoms with Gasteiger partial charge in [0.15, 0.2) is 0 Å². The number of nitrogens with one attached hydrogen (secondary N) is 1. The molecule has 0 atom stereocenters. The van der Waals surface area contributed by atoms with Gasteiger partial charge in [-0.25, -0.2) is 13.1 Å². The number of hydrogen-bond acceptors (Lipinski definition) is 3. The minimum atomic E-state index is -3.60. The average Bonchev–Trinajstić information content (AvgIpc) is 2.37. The normalized spacial score (nSPS) is 12.7. The number of nitrogens with two attached hydrogens (primary N) is 1.